The van der Waals surface area contributed by atoms with Crippen LogP contribution in [0.3, 0.4) is 0 Å². The van der Waals surface area contributed by atoms with Crippen LogP contribution in [0, 0.1) is 0 Å². The molecule has 2 amide bonds. The summed E-state index contributed by atoms with van der Waals surface area (Å²) in [6.07, 6.45) is -4.29. The first kappa shape index (κ1) is 26.2. The Morgan fingerprint density at radius 3 is 2.51 bits per heavy atom. The van der Waals surface area contributed by atoms with Crippen LogP contribution in [0.15, 0.2) is 58.0 Å². The number of aromatic nitrogens is 2. The zero-order chi connectivity index (χ0) is 26.7. The molecule has 4 atom stereocenters. The summed E-state index contributed by atoms with van der Waals surface area (Å²) in [4.78, 5) is 50.2. The fraction of sp³-hybridized carbons (Fsp3) is 0.391. The van der Waals surface area contributed by atoms with Crippen LogP contribution >= 0.6 is 0 Å². The highest BCUT2D eigenvalue weighted by atomic mass is 19.4. The van der Waals surface area contributed by atoms with Crippen molar-refractivity contribution in [2.75, 3.05) is 5.32 Å². The maximum Gasteiger partial charge on any atom is 0.416 e. The van der Waals surface area contributed by atoms with Crippen LogP contribution in [-0.4, -0.2) is 39.9 Å². The van der Waals surface area contributed by atoms with Gasteiger partial charge >= 0.3 is 11.9 Å². The Morgan fingerprint density at radius 1 is 1.14 bits per heavy atom. The van der Waals surface area contributed by atoms with Crippen molar-refractivity contribution in [2.24, 2.45) is 5.73 Å². The Hall–Kier alpha value is -3.91. The van der Waals surface area contributed by atoms with Gasteiger partial charge in [0.15, 0.2) is 11.9 Å². The number of halogens is 3. The molecule has 1 saturated heterocycles. The number of allylic oxidation sites excluding steroid dienone is 1. The van der Waals surface area contributed by atoms with E-state index < -0.39 is 59.5 Å². The Kier molecular flexibility index (Phi) is 7.50. The van der Waals surface area contributed by atoms with Gasteiger partial charge in [-0.1, -0.05) is 0 Å². The van der Waals surface area contributed by atoms with E-state index in [1.807, 2.05) is 0 Å². The largest absolute Gasteiger partial charge is 0.459 e. The Labute approximate surface area is 207 Å². The van der Waals surface area contributed by atoms with Crippen LogP contribution in [0.4, 0.5) is 18.9 Å². The van der Waals surface area contributed by atoms with Gasteiger partial charge in [0.05, 0.1) is 11.7 Å². The van der Waals surface area contributed by atoms with Gasteiger partial charge in [0, 0.05) is 24.4 Å². The minimum Gasteiger partial charge on any atom is -0.459 e. The van der Waals surface area contributed by atoms with Gasteiger partial charge in [-0.25, -0.2) is 4.79 Å². The number of anilines is 1. The SMILES string of the molecule is NC(=O)C(O[C@@H]1CCC=C(C(=O)Nc2ccc(C(F)(F)F)cc2)O1)C1CC[C@H](n2ccc(=O)[nH]c2=O)O1. The summed E-state index contributed by atoms with van der Waals surface area (Å²) in [7, 11) is 0. The smallest absolute Gasteiger partial charge is 0.416 e. The molecule has 2 unspecified atom stereocenters. The van der Waals surface area contributed by atoms with Crippen LogP contribution in [0.25, 0.3) is 0 Å². The monoisotopic (exact) mass is 524 g/mol. The number of hydrogen-bond acceptors (Lipinski definition) is 7. The van der Waals surface area contributed by atoms with E-state index in [9.17, 15) is 32.3 Å². The quantitative estimate of drug-likeness (QED) is 0.499. The molecule has 2 aliphatic rings. The number of nitrogens with two attached hydrogens (primary N) is 1. The number of nitrogens with zero attached hydrogens (tertiary/aromatic N) is 1. The molecule has 198 valence electrons. The highest BCUT2D eigenvalue weighted by molar-refractivity contribution is 6.02. The number of aromatic amines is 1. The van der Waals surface area contributed by atoms with E-state index in [2.05, 4.69) is 10.3 Å². The van der Waals surface area contributed by atoms with Crippen LogP contribution in [-0.2, 0) is 30.0 Å². The molecule has 14 heteroatoms. The summed E-state index contributed by atoms with van der Waals surface area (Å²) in [5.74, 6) is -1.68. The van der Waals surface area contributed by atoms with Crippen LogP contribution in [0.2, 0.25) is 0 Å². The average molecular weight is 524 g/mol. The Bertz CT molecular complexity index is 1300. The molecule has 0 bridgehead atoms. The molecular formula is C23H23F3N4O7. The van der Waals surface area contributed by atoms with Crippen molar-refractivity contribution < 1.29 is 37.0 Å². The summed E-state index contributed by atoms with van der Waals surface area (Å²) in [6.45, 7) is 0. The first-order valence-corrected chi connectivity index (χ1v) is 11.3. The van der Waals surface area contributed by atoms with Crippen LogP contribution in [0.5, 0.6) is 0 Å². The number of benzene rings is 1. The fourth-order valence-electron chi connectivity index (χ4n) is 4.00. The minimum absolute atomic E-state index is 0.128. The number of primary amides is 1. The van der Waals surface area contributed by atoms with Gasteiger partial charge < -0.3 is 25.3 Å². The molecule has 4 rings (SSSR count). The minimum atomic E-state index is -4.50. The van der Waals surface area contributed by atoms with E-state index >= 15 is 0 Å². The first-order valence-electron chi connectivity index (χ1n) is 11.3. The zero-order valence-electron chi connectivity index (χ0n) is 19.2. The third-order valence-corrected chi connectivity index (χ3v) is 5.79. The molecule has 0 spiro atoms. The first-order chi connectivity index (χ1) is 17.5. The molecule has 0 aliphatic carbocycles. The summed E-state index contributed by atoms with van der Waals surface area (Å²) < 4.78 is 56.5. The average Bonchev–Trinajstić information content (AvgIpc) is 3.31. The number of H-pyrrole nitrogens is 1. The molecule has 3 heterocycles. The number of amides is 2. The fourth-order valence-corrected chi connectivity index (χ4v) is 4.00. The van der Waals surface area contributed by atoms with E-state index in [4.69, 9.17) is 19.9 Å². The summed E-state index contributed by atoms with van der Waals surface area (Å²) in [5.41, 5.74) is 3.56. The van der Waals surface area contributed by atoms with Crippen molar-refractivity contribution in [3.8, 4) is 0 Å². The van der Waals surface area contributed by atoms with E-state index in [1.165, 1.54) is 22.9 Å². The second-order valence-corrected chi connectivity index (χ2v) is 8.41. The Morgan fingerprint density at radius 2 is 1.86 bits per heavy atom. The molecule has 2 aromatic rings. The molecule has 0 saturated carbocycles. The van der Waals surface area contributed by atoms with Crippen molar-refractivity contribution in [1.82, 2.24) is 9.55 Å². The summed E-state index contributed by atoms with van der Waals surface area (Å²) in [5, 5.41) is 2.45. The lowest BCUT2D eigenvalue weighted by Crippen LogP contribution is -2.44. The second-order valence-electron chi connectivity index (χ2n) is 8.41. The van der Waals surface area contributed by atoms with Crippen LogP contribution in [0.1, 0.15) is 37.5 Å². The highest BCUT2D eigenvalue weighted by Crippen LogP contribution is 2.32. The molecule has 1 aromatic heterocycles. The number of ether oxygens (including phenoxy) is 3. The summed E-state index contributed by atoms with van der Waals surface area (Å²) in [6, 6.07) is 5.07. The van der Waals surface area contributed by atoms with Gasteiger partial charge in [-0.3, -0.25) is 23.9 Å². The predicted octanol–water partition coefficient (Wildman–Crippen LogP) is 1.76. The highest BCUT2D eigenvalue weighted by Gasteiger charge is 2.39. The number of carbonyl (C=O) groups is 2. The van der Waals surface area contributed by atoms with E-state index in [-0.39, 0.29) is 17.9 Å². The van der Waals surface area contributed by atoms with Crippen molar-refractivity contribution in [3.05, 3.63) is 74.8 Å². The van der Waals surface area contributed by atoms with E-state index in [0.717, 1.165) is 24.3 Å². The summed E-state index contributed by atoms with van der Waals surface area (Å²) >= 11 is 0. The number of hydrogen-bond donors (Lipinski definition) is 3. The van der Waals surface area contributed by atoms with Crippen molar-refractivity contribution in [1.29, 1.82) is 0 Å². The molecule has 0 radical (unpaired) electrons. The maximum absolute atomic E-state index is 12.7. The van der Waals surface area contributed by atoms with Gasteiger partial charge in [-0.05, 0) is 49.6 Å². The number of carbonyl (C=O) groups excluding carboxylic acids is 2. The van der Waals surface area contributed by atoms with E-state index in [0.29, 0.717) is 19.3 Å². The van der Waals surface area contributed by atoms with Gasteiger partial charge in [0.25, 0.3) is 11.5 Å². The van der Waals surface area contributed by atoms with Crippen molar-refractivity contribution in [3.63, 3.8) is 0 Å². The molecule has 37 heavy (non-hydrogen) atoms. The number of alkyl halides is 3. The number of rotatable bonds is 7. The number of nitrogens with one attached hydrogen (secondary N) is 2. The molecule has 2 aliphatic heterocycles. The van der Waals surface area contributed by atoms with Gasteiger partial charge in [0.1, 0.15) is 6.23 Å². The van der Waals surface area contributed by atoms with Crippen molar-refractivity contribution in [2.45, 2.75) is 56.6 Å². The molecule has 1 fully saturated rings. The second kappa shape index (κ2) is 10.6. The van der Waals surface area contributed by atoms with Crippen LogP contribution < -0.4 is 22.3 Å². The van der Waals surface area contributed by atoms with Gasteiger partial charge in [0.2, 0.25) is 12.2 Å². The normalized spacial score (nSPS) is 22.6. The Balaban J connectivity index is 1.37. The third kappa shape index (κ3) is 6.27. The van der Waals surface area contributed by atoms with Crippen molar-refractivity contribution >= 4 is 17.5 Å². The maximum atomic E-state index is 12.7. The predicted molar refractivity (Wildman–Crippen MR) is 121 cm³/mol. The zero-order valence-corrected chi connectivity index (χ0v) is 19.2. The van der Waals surface area contributed by atoms with Gasteiger partial charge in [-0.15, -0.1) is 0 Å². The molecular weight excluding hydrogens is 501 g/mol. The third-order valence-electron chi connectivity index (χ3n) is 5.79. The molecule has 1 aromatic carbocycles. The lowest BCUT2D eigenvalue weighted by molar-refractivity contribution is -0.194. The lowest BCUT2D eigenvalue weighted by atomic mass is 10.1. The van der Waals surface area contributed by atoms with Gasteiger partial charge in [-0.2, -0.15) is 13.2 Å². The van der Waals surface area contributed by atoms with E-state index in [1.54, 1.807) is 0 Å². The topological polar surface area (TPSA) is 155 Å². The molecule has 4 N–H and O–H groups in total. The molecule has 11 nitrogen and oxygen atoms in total. The lowest BCUT2D eigenvalue weighted by Gasteiger charge is -2.29. The standard InChI is InChI=1S/C23H23F3N4O7/c24-23(25,26)12-4-6-13(7-5-12)28-21(33)15-2-1-3-18(36-15)37-19(20(27)32)14-8-9-17(35-14)30-11-10-16(31)29-22(30)34/h2,4-7,10-11,14,17-19H,1,3,8-9H2,(H2,27,32)(H,28,33)(H,29,31,34)/t14?,17-,18-,19?/m1/s1.